The Bertz CT molecular complexity index is 715. The van der Waals surface area contributed by atoms with E-state index in [-0.39, 0.29) is 27.2 Å². The van der Waals surface area contributed by atoms with Crippen LogP contribution in [-0.4, -0.2) is 27.2 Å². The first-order chi connectivity index (χ1) is 12.0. The Hall–Kier alpha value is -0.520. The van der Waals surface area contributed by atoms with Crippen LogP contribution in [0.3, 0.4) is 0 Å². The number of ether oxygens (including phenoxy) is 2. The second-order valence-corrected chi connectivity index (χ2v) is 18.6. The average molecular weight is 412 g/mol. The summed E-state index contributed by atoms with van der Waals surface area (Å²) in [6.45, 7) is 23.4. The van der Waals surface area contributed by atoms with E-state index in [0.29, 0.717) is 0 Å². The SMILES string of the molecule is CC(C)Oc1cccc2c1P(C(C)(C)C)[C@@H](P(=O)(C(C)(C)C)C(C)(C)C)O2. The van der Waals surface area contributed by atoms with E-state index in [1.165, 1.54) is 0 Å². The molecule has 1 heterocycles. The van der Waals surface area contributed by atoms with Gasteiger partial charge in [-0.3, -0.25) is 0 Å². The molecular weight excluding hydrogens is 374 g/mol. The molecule has 0 spiro atoms. The zero-order chi connectivity index (χ0) is 21.0. The summed E-state index contributed by atoms with van der Waals surface area (Å²) >= 11 is 0. The third-order valence-electron chi connectivity index (χ3n) is 5.05. The van der Waals surface area contributed by atoms with E-state index in [9.17, 15) is 4.57 Å². The van der Waals surface area contributed by atoms with E-state index < -0.39 is 15.1 Å². The van der Waals surface area contributed by atoms with Crippen LogP contribution in [0.25, 0.3) is 0 Å². The van der Waals surface area contributed by atoms with E-state index in [2.05, 4.69) is 62.3 Å². The highest BCUT2D eigenvalue weighted by Crippen LogP contribution is 2.80. The van der Waals surface area contributed by atoms with E-state index in [4.69, 9.17) is 9.47 Å². The predicted molar refractivity (Wildman–Crippen MR) is 120 cm³/mol. The average Bonchev–Trinajstić information content (AvgIpc) is 2.83. The fourth-order valence-electron chi connectivity index (χ4n) is 4.03. The number of rotatable bonds is 3. The molecule has 1 aliphatic rings. The fraction of sp³-hybridized carbons (Fsp3) is 0.727. The van der Waals surface area contributed by atoms with Gasteiger partial charge in [-0.15, -0.1) is 0 Å². The van der Waals surface area contributed by atoms with Gasteiger partial charge in [-0.25, -0.2) is 0 Å². The van der Waals surface area contributed by atoms with Crippen LogP contribution < -0.4 is 14.8 Å². The summed E-state index contributed by atoms with van der Waals surface area (Å²) in [7, 11) is -3.62. The van der Waals surface area contributed by atoms with Crippen molar-refractivity contribution in [3.8, 4) is 11.5 Å². The lowest BCUT2D eigenvalue weighted by Crippen LogP contribution is -2.38. The highest BCUT2D eigenvalue weighted by molar-refractivity contribution is 7.84. The third kappa shape index (κ3) is 3.97. The molecule has 5 heteroatoms. The summed E-state index contributed by atoms with van der Waals surface area (Å²) in [5.41, 5.74) is -0.292. The molecule has 2 rings (SSSR count). The van der Waals surface area contributed by atoms with Crippen LogP contribution in [0.1, 0.15) is 76.2 Å². The molecule has 154 valence electrons. The second-order valence-electron chi connectivity index (χ2n) is 10.8. The molecule has 0 amide bonds. The summed E-state index contributed by atoms with van der Waals surface area (Å²) in [6, 6.07) is 6.03. The zero-order valence-electron chi connectivity index (χ0n) is 19.0. The number of fused-ring (bicyclic) bond motifs is 1. The Morgan fingerprint density at radius 2 is 1.52 bits per heavy atom. The summed E-state index contributed by atoms with van der Waals surface area (Å²) in [5.74, 6) is 1.74. The fourth-order valence-corrected chi connectivity index (χ4v) is 14.9. The van der Waals surface area contributed by atoms with Crippen molar-refractivity contribution in [1.82, 2.24) is 0 Å². The molecule has 1 unspecified atom stereocenters. The molecule has 0 aliphatic carbocycles. The number of benzene rings is 1. The third-order valence-corrected chi connectivity index (χ3v) is 14.3. The van der Waals surface area contributed by atoms with Gasteiger partial charge in [-0.1, -0.05) is 68.4 Å². The Kier molecular flexibility index (Phi) is 5.96. The van der Waals surface area contributed by atoms with E-state index >= 15 is 0 Å². The van der Waals surface area contributed by atoms with Gasteiger partial charge in [-0.05, 0) is 39.1 Å². The molecule has 3 nitrogen and oxygen atoms in total. The van der Waals surface area contributed by atoms with Crippen LogP contribution in [0.15, 0.2) is 18.2 Å². The molecule has 0 radical (unpaired) electrons. The van der Waals surface area contributed by atoms with Gasteiger partial charge < -0.3 is 14.0 Å². The van der Waals surface area contributed by atoms with E-state index in [1.807, 2.05) is 32.0 Å². The highest BCUT2D eigenvalue weighted by atomic mass is 31.2. The molecule has 0 saturated heterocycles. The first-order valence-corrected chi connectivity index (χ1v) is 13.1. The molecule has 0 saturated carbocycles. The standard InChI is InChI=1S/C22H38O3P2/c1-15(2)24-16-13-12-14-17-18(16)26(20(3,4)5)19(25-17)27(23,21(6,7)8)22(9,10)11/h12-15,19H,1-11H3/t19-,26?/m0/s1. The lowest BCUT2D eigenvalue weighted by Gasteiger charge is -2.47. The molecule has 2 atom stereocenters. The van der Waals surface area contributed by atoms with Gasteiger partial charge in [0.2, 0.25) is 0 Å². The van der Waals surface area contributed by atoms with Crippen molar-refractivity contribution in [2.24, 2.45) is 0 Å². The van der Waals surface area contributed by atoms with Crippen LogP contribution in [0.5, 0.6) is 11.5 Å². The number of hydrogen-bond acceptors (Lipinski definition) is 3. The molecule has 1 aliphatic heterocycles. The van der Waals surface area contributed by atoms with Crippen LogP contribution in [0.2, 0.25) is 0 Å². The molecule has 0 aromatic heterocycles. The summed E-state index contributed by atoms with van der Waals surface area (Å²) < 4.78 is 27.5. The topological polar surface area (TPSA) is 35.5 Å². The quantitative estimate of drug-likeness (QED) is 0.501. The van der Waals surface area contributed by atoms with Gasteiger partial charge in [0.05, 0.1) is 11.4 Å². The largest absolute Gasteiger partial charge is 0.490 e. The van der Waals surface area contributed by atoms with Crippen molar-refractivity contribution in [1.29, 1.82) is 0 Å². The van der Waals surface area contributed by atoms with Crippen LogP contribution >= 0.6 is 15.1 Å². The van der Waals surface area contributed by atoms with Crippen molar-refractivity contribution >= 4 is 20.4 Å². The van der Waals surface area contributed by atoms with Crippen LogP contribution in [0.4, 0.5) is 0 Å². The lowest BCUT2D eigenvalue weighted by molar-refractivity contribution is 0.244. The summed E-state index contributed by atoms with van der Waals surface area (Å²) in [5, 5.41) is 0.409. The van der Waals surface area contributed by atoms with Gasteiger partial charge in [0.1, 0.15) is 18.6 Å². The molecule has 0 fully saturated rings. The lowest BCUT2D eigenvalue weighted by atomic mass is 10.2. The molecule has 27 heavy (non-hydrogen) atoms. The summed E-state index contributed by atoms with van der Waals surface area (Å²) in [6.07, 6.45) is 0.0874. The Labute approximate surface area is 167 Å². The highest BCUT2D eigenvalue weighted by Gasteiger charge is 2.60. The van der Waals surface area contributed by atoms with Crippen molar-refractivity contribution in [2.75, 3.05) is 0 Å². The molecular formula is C22H38O3P2. The molecule has 0 N–H and O–H groups in total. The van der Waals surface area contributed by atoms with Gasteiger partial charge in [0.25, 0.3) is 0 Å². The van der Waals surface area contributed by atoms with Gasteiger partial charge >= 0.3 is 0 Å². The van der Waals surface area contributed by atoms with E-state index in [1.54, 1.807) is 0 Å². The Morgan fingerprint density at radius 1 is 1.00 bits per heavy atom. The van der Waals surface area contributed by atoms with Gasteiger partial charge in [0.15, 0.2) is 5.59 Å². The maximum absolute atomic E-state index is 14.8. The minimum absolute atomic E-state index is 0.0478. The van der Waals surface area contributed by atoms with E-state index in [0.717, 1.165) is 16.8 Å². The molecule has 1 aromatic carbocycles. The molecule has 1 aromatic rings. The number of hydrogen-bond donors (Lipinski definition) is 0. The normalized spacial score (nSPS) is 21.2. The first-order valence-electron chi connectivity index (χ1n) is 9.87. The van der Waals surface area contributed by atoms with Crippen molar-refractivity contribution < 1.29 is 14.0 Å². The Morgan fingerprint density at radius 3 is 1.93 bits per heavy atom. The monoisotopic (exact) mass is 412 g/mol. The maximum Gasteiger partial charge on any atom is 0.174 e. The van der Waals surface area contributed by atoms with Crippen molar-refractivity contribution in [2.45, 2.75) is 103 Å². The first kappa shape index (κ1) is 22.8. The molecule has 0 bridgehead atoms. The zero-order valence-corrected chi connectivity index (χ0v) is 20.8. The van der Waals surface area contributed by atoms with Gasteiger partial charge in [0, 0.05) is 10.3 Å². The van der Waals surface area contributed by atoms with Crippen LogP contribution in [-0.2, 0) is 4.57 Å². The maximum atomic E-state index is 14.8. The van der Waals surface area contributed by atoms with Gasteiger partial charge in [-0.2, -0.15) is 0 Å². The minimum atomic E-state index is -2.77. The second kappa shape index (κ2) is 7.07. The Balaban J connectivity index is 2.75. The minimum Gasteiger partial charge on any atom is -0.490 e. The predicted octanol–water partition coefficient (Wildman–Crippen LogP) is 7.02. The van der Waals surface area contributed by atoms with Crippen molar-refractivity contribution in [3.63, 3.8) is 0 Å². The smallest absolute Gasteiger partial charge is 0.174 e. The van der Waals surface area contributed by atoms with Crippen LogP contribution in [0, 0.1) is 0 Å². The van der Waals surface area contributed by atoms with Crippen molar-refractivity contribution in [3.05, 3.63) is 18.2 Å². The summed E-state index contributed by atoms with van der Waals surface area (Å²) in [4.78, 5) is 0.